The lowest BCUT2D eigenvalue weighted by Gasteiger charge is -1.96. The molecular weight excluding hydrogens is 272 g/mol. The van der Waals surface area contributed by atoms with Gasteiger partial charge in [0, 0.05) is 24.5 Å². The van der Waals surface area contributed by atoms with E-state index in [4.69, 9.17) is 5.73 Å². The number of amides is 1. The molecule has 20 heavy (non-hydrogen) atoms. The standard InChI is InChI=1S/C14H12N4OS/c1-16-9-3-5-10-12(6-9)20-14(18-10)8-2-4-11(13(15)19)17-7-8/h2-7,16H,1H3,(H2,15,19). The summed E-state index contributed by atoms with van der Waals surface area (Å²) in [5.74, 6) is -0.528. The van der Waals surface area contributed by atoms with E-state index < -0.39 is 5.91 Å². The molecule has 3 N–H and O–H groups in total. The zero-order chi connectivity index (χ0) is 14.1. The number of pyridine rings is 1. The summed E-state index contributed by atoms with van der Waals surface area (Å²) in [4.78, 5) is 19.6. The van der Waals surface area contributed by atoms with Gasteiger partial charge in [0.05, 0.1) is 10.2 Å². The van der Waals surface area contributed by atoms with Gasteiger partial charge in [-0.1, -0.05) is 0 Å². The molecule has 0 radical (unpaired) electrons. The maximum absolute atomic E-state index is 11.0. The van der Waals surface area contributed by atoms with Gasteiger partial charge in [-0.05, 0) is 30.3 Å². The van der Waals surface area contributed by atoms with E-state index >= 15 is 0 Å². The van der Waals surface area contributed by atoms with Crippen LogP contribution in [0.1, 0.15) is 10.5 Å². The van der Waals surface area contributed by atoms with Crippen molar-refractivity contribution in [3.8, 4) is 10.6 Å². The van der Waals surface area contributed by atoms with Crippen molar-refractivity contribution in [3.05, 3.63) is 42.2 Å². The Labute approximate surface area is 119 Å². The minimum atomic E-state index is -0.528. The molecule has 100 valence electrons. The summed E-state index contributed by atoms with van der Waals surface area (Å²) in [5.41, 5.74) is 8.31. The topological polar surface area (TPSA) is 80.9 Å². The Morgan fingerprint density at radius 2 is 2.15 bits per heavy atom. The number of primary amides is 1. The summed E-state index contributed by atoms with van der Waals surface area (Å²) in [5, 5.41) is 3.98. The van der Waals surface area contributed by atoms with Gasteiger partial charge in [0.25, 0.3) is 5.91 Å². The summed E-state index contributed by atoms with van der Waals surface area (Å²) in [7, 11) is 1.88. The van der Waals surface area contributed by atoms with Gasteiger partial charge in [-0.3, -0.25) is 9.78 Å². The molecular formula is C14H12N4OS. The van der Waals surface area contributed by atoms with E-state index in [-0.39, 0.29) is 5.69 Å². The molecule has 3 aromatic rings. The number of carbonyl (C=O) groups is 1. The molecule has 0 atom stereocenters. The second kappa shape index (κ2) is 4.90. The molecule has 0 bridgehead atoms. The lowest BCUT2D eigenvalue weighted by Crippen LogP contribution is -2.12. The van der Waals surface area contributed by atoms with Crippen LogP contribution in [0.25, 0.3) is 20.8 Å². The van der Waals surface area contributed by atoms with Gasteiger partial charge in [-0.15, -0.1) is 11.3 Å². The number of aromatic nitrogens is 2. The fourth-order valence-electron chi connectivity index (χ4n) is 1.87. The third kappa shape index (κ3) is 2.21. The molecule has 6 heteroatoms. The van der Waals surface area contributed by atoms with Crippen molar-refractivity contribution in [1.82, 2.24) is 9.97 Å². The van der Waals surface area contributed by atoms with E-state index in [1.807, 2.05) is 25.2 Å². The molecule has 0 fully saturated rings. The number of carbonyl (C=O) groups excluding carboxylic acids is 1. The molecule has 0 unspecified atom stereocenters. The normalized spacial score (nSPS) is 10.7. The predicted molar refractivity (Wildman–Crippen MR) is 80.9 cm³/mol. The first-order valence-corrected chi connectivity index (χ1v) is 6.83. The van der Waals surface area contributed by atoms with Crippen LogP contribution in [0.15, 0.2) is 36.5 Å². The molecule has 0 saturated carbocycles. The summed E-state index contributed by atoms with van der Waals surface area (Å²) in [6, 6.07) is 9.45. The molecule has 3 rings (SSSR count). The summed E-state index contributed by atoms with van der Waals surface area (Å²) >= 11 is 1.59. The second-order valence-corrected chi connectivity index (χ2v) is 5.28. The summed E-state index contributed by atoms with van der Waals surface area (Å²) in [6.45, 7) is 0. The number of hydrogen-bond acceptors (Lipinski definition) is 5. The van der Waals surface area contributed by atoms with Gasteiger partial charge in [-0.2, -0.15) is 0 Å². The second-order valence-electron chi connectivity index (χ2n) is 4.25. The predicted octanol–water partition coefficient (Wildman–Crippen LogP) is 2.50. The Morgan fingerprint density at radius 3 is 2.80 bits per heavy atom. The van der Waals surface area contributed by atoms with E-state index in [9.17, 15) is 4.79 Å². The van der Waals surface area contributed by atoms with Crippen LogP contribution in [0.2, 0.25) is 0 Å². The van der Waals surface area contributed by atoms with Crippen molar-refractivity contribution < 1.29 is 4.79 Å². The van der Waals surface area contributed by atoms with Crippen molar-refractivity contribution in [2.45, 2.75) is 0 Å². The fourth-order valence-corrected chi connectivity index (χ4v) is 2.86. The molecule has 0 aliphatic heterocycles. The molecule has 0 saturated heterocycles. The lowest BCUT2D eigenvalue weighted by molar-refractivity contribution is 0.0995. The van der Waals surface area contributed by atoms with Crippen LogP contribution >= 0.6 is 11.3 Å². The van der Waals surface area contributed by atoms with Crippen LogP contribution in [0, 0.1) is 0 Å². The molecule has 2 aromatic heterocycles. The average molecular weight is 284 g/mol. The highest BCUT2D eigenvalue weighted by molar-refractivity contribution is 7.21. The Bertz CT molecular complexity index is 779. The molecule has 1 amide bonds. The third-order valence-electron chi connectivity index (χ3n) is 2.94. The Balaban J connectivity index is 2.03. The van der Waals surface area contributed by atoms with Crippen LogP contribution in [0.4, 0.5) is 5.69 Å². The lowest BCUT2D eigenvalue weighted by atomic mass is 10.2. The zero-order valence-electron chi connectivity index (χ0n) is 10.8. The summed E-state index contributed by atoms with van der Waals surface area (Å²) < 4.78 is 1.10. The Kier molecular flexibility index (Phi) is 3.08. The molecule has 0 aliphatic carbocycles. The number of nitrogens with zero attached hydrogens (tertiary/aromatic N) is 2. The van der Waals surface area contributed by atoms with Crippen molar-refractivity contribution in [3.63, 3.8) is 0 Å². The molecule has 2 heterocycles. The molecule has 5 nitrogen and oxygen atoms in total. The highest BCUT2D eigenvalue weighted by Gasteiger charge is 2.08. The number of benzene rings is 1. The van der Waals surface area contributed by atoms with Gasteiger partial charge in [0.15, 0.2) is 0 Å². The van der Waals surface area contributed by atoms with Crippen LogP contribution in [-0.2, 0) is 0 Å². The smallest absolute Gasteiger partial charge is 0.267 e. The zero-order valence-corrected chi connectivity index (χ0v) is 11.6. The van der Waals surface area contributed by atoms with E-state index in [2.05, 4.69) is 21.4 Å². The van der Waals surface area contributed by atoms with Gasteiger partial charge < -0.3 is 11.1 Å². The minimum Gasteiger partial charge on any atom is -0.388 e. The van der Waals surface area contributed by atoms with Crippen LogP contribution in [0.3, 0.4) is 0 Å². The van der Waals surface area contributed by atoms with E-state index in [1.54, 1.807) is 23.6 Å². The highest BCUT2D eigenvalue weighted by atomic mass is 32.1. The first-order valence-electron chi connectivity index (χ1n) is 6.02. The molecule has 0 spiro atoms. The number of anilines is 1. The maximum atomic E-state index is 11.0. The number of fused-ring (bicyclic) bond motifs is 1. The van der Waals surface area contributed by atoms with Crippen LogP contribution < -0.4 is 11.1 Å². The van der Waals surface area contributed by atoms with E-state index in [1.165, 1.54) is 0 Å². The number of nitrogens with one attached hydrogen (secondary N) is 1. The third-order valence-corrected chi connectivity index (χ3v) is 4.01. The van der Waals surface area contributed by atoms with Gasteiger partial charge in [0.2, 0.25) is 0 Å². The highest BCUT2D eigenvalue weighted by Crippen LogP contribution is 2.31. The van der Waals surface area contributed by atoms with Crippen LogP contribution in [0.5, 0.6) is 0 Å². The van der Waals surface area contributed by atoms with Crippen LogP contribution in [-0.4, -0.2) is 22.9 Å². The Hall–Kier alpha value is -2.47. The van der Waals surface area contributed by atoms with Crippen molar-refractivity contribution >= 4 is 33.1 Å². The summed E-state index contributed by atoms with van der Waals surface area (Å²) in [6.07, 6.45) is 1.62. The number of rotatable bonds is 3. The maximum Gasteiger partial charge on any atom is 0.267 e. The molecule has 0 aliphatic rings. The first kappa shape index (κ1) is 12.6. The van der Waals surface area contributed by atoms with Crippen molar-refractivity contribution in [2.24, 2.45) is 5.73 Å². The first-order chi connectivity index (χ1) is 9.67. The quantitative estimate of drug-likeness (QED) is 0.774. The average Bonchev–Trinajstić information content (AvgIpc) is 2.90. The minimum absolute atomic E-state index is 0.257. The SMILES string of the molecule is CNc1ccc2nc(-c3ccc(C(N)=O)nc3)sc2c1. The number of nitrogens with two attached hydrogens (primary N) is 1. The Morgan fingerprint density at radius 1 is 1.30 bits per heavy atom. The number of thiazole rings is 1. The van der Waals surface area contributed by atoms with E-state index in [0.717, 1.165) is 26.5 Å². The number of hydrogen-bond donors (Lipinski definition) is 2. The van der Waals surface area contributed by atoms with E-state index in [0.29, 0.717) is 0 Å². The molecule has 1 aromatic carbocycles. The fraction of sp³-hybridized carbons (Fsp3) is 0.0714. The monoisotopic (exact) mass is 284 g/mol. The van der Waals surface area contributed by atoms with Gasteiger partial charge in [0.1, 0.15) is 10.7 Å². The van der Waals surface area contributed by atoms with Crippen molar-refractivity contribution in [2.75, 3.05) is 12.4 Å². The van der Waals surface area contributed by atoms with Gasteiger partial charge >= 0.3 is 0 Å². The van der Waals surface area contributed by atoms with Crippen molar-refractivity contribution in [1.29, 1.82) is 0 Å². The van der Waals surface area contributed by atoms with Gasteiger partial charge in [-0.25, -0.2) is 4.98 Å². The largest absolute Gasteiger partial charge is 0.388 e.